The number of benzene rings is 1. The average Bonchev–Trinajstić information content (AvgIpc) is 2.66. The molecular formula is C20H33N3O5S. The van der Waals surface area contributed by atoms with Gasteiger partial charge in [-0.25, -0.2) is 13.1 Å². The van der Waals surface area contributed by atoms with E-state index in [0.717, 1.165) is 18.5 Å². The van der Waals surface area contributed by atoms with E-state index in [1.54, 1.807) is 24.3 Å². The van der Waals surface area contributed by atoms with E-state index >= 15 is 0 Å². The van der Waals surface area contributed by atoms with E-state index in [1.807, 2.05) is 21.0 Å². The molecule has 1 heterocycles. The van der Waals surface area contributed by atoms with Gasteiger partial charge in [0.25, 0.3) is 0 Å². The average molecular weight is 428 g/mol. The summed E-state index contributed by atoms with van der Waals surface area (Å²) < 4.78 is 33.7. The number of rotatable bonds is 10. The van der Waals surface area contributed by atoms with E-state index in [1.165, 1.54) is 0 Å². The number of sulfonamides is 1. The minimum Gasteiger partial charge on any atom is -0.394 e. The summed E-state index contributed by atoms with van der Waals surface area (Å²) in [6.45, 7) is 3.07. The van der Waals surface area contributed by atoms with E-state index in [9.17, 15) is 18.3 Å². The molecule has 0 bridgehead atoms. The Kier molecular flexibility index (Phi) is 9.04. The molecule has 1 saturated heterocycles. The number of aliphatic hydroxyl groups excluding tert-OH is 1. The number of carbonyl (C=O) groups is 1. The Morgan fingerprint density at radius 2 is 1.93 bits per heavy atom. The molecule has 8 nitrogen and oxygen atoms in total. The van der Waals surface area contributed by atoms with Gasteiger partial charge in [0, 0.05) is 6.54 Å². The number of aryl methyl sites for hydroxylation is 1. The Balaban J connectivity index is 1.85. The molecule has 0 aromatic heterocycles. The number of hydrogen-bond donors (Lipinski definition) is 3. The number of hydrogen-bond acceptors (Lipinski definition) is 6. The molecule has 9 heteroatoms. The van der Waals surface area contributed by atoms with Crippen molar-refractivity contribution in [1.82, 2.24) is 14.9 Å². The van der Waals surface area contributed by atoms with Crippen LogP contribution in [0.25, 0.3) is 0 Å². The first-order chi connectivity index (χ1) is 13.7. The number of nitrogens with zero attached hydrogens (tertiary/aromatic N) is 1. The zero-order valence-corrected chi connectivity index (χ0v) is 18.2. The Morgan fingerprint density at radius 1 is 1.24 bits per heavy atom. The highest BCUT2D eigenvalue weighted by Crippen LogP contribution is 2.23. The van der Waals surface area contributed by atoms with Crippen molar-refractivity contribution in [2.24, 2.45) is 0 Å². The summed E-state index contributed by atoms with van der Waals surface area (Å²) >= 11 is 0. The smallest absolute Gasteiger partial charge is 0.240 e. The topological polar surface area (TPSA) is 108 Å². The van der Waals surface area contributed by atoms with Gasteiger partial charge in [0.05, 0.1) is 36.2 Å². The molecule has 3 atom stereocenters. The highest BCUT2D eigenvalue weighted by Gasteiger charge is 2.34. The van der Waals surface area contributed by atoms with Crippen LogP contribution in [0.3, 0.4) is 0 Å². The lowest BCUT2D eigenvalue weighted by Gasteiger charge is -2.35. The van der Waals surface area contributed by atoms with Crippen molar-refractivity contribution in [3.63, 3.8) is 0 Å². The summed E-state index contributed by atoms with van der Waals surface area (Å²) in [5, 5.41) is 12.6. The van der Waals surface area contributed by atoms with Crippen LogP contribution >= 0.6 is 0 Å². The Morgan fingerprint density at radius 3 is 2.55 bits per heavy atom. The summed E-state index contributed by atoms with van der Waals surface area (Å²) in [7, 11) is 0.258. The molecule has 0 radical (unpaired) electrons. The number of nitrogens with one attached hydrogen (secondary N) is 2. The van der Waals surface area contributed by atoms with E-state index < -0.39 is 22.2 Å². The van der Waals surface area contributed by atoms with Crippen LogP contribution in [0.2, 0.25) is 0 Å². The molecular weight excluding hydrogens is 394 g/mol. The van der Waals surface area contributed by atoms with Gasteiger partial charge in [0.2, 0.25) is 15.9 Å². The zero-order valence-electron chi connectivity index (χ0n) is 17.4. The summed E-state index contributed by atoms with van der Waals surface area (Å²) in [5.41, 5.74) is 0.973. The van der Waals surface area contributed by atoms with Crippen molar-refractivity contribution >= 4 is 15.9 Å². The molecule has 1 aromatic carbocycles. The van der Waals surface area contributed by atoms with Crippen LogP contribution in [0.15, 0.2) is 29.2 Å². The molecule has 0 saturated carbocycles. The van der Waals surface area contributed by atoms with Crippen LogP contribution in [0.4, 0.5) is 0 Å². The van der Waals surface area contributed by atoms with Crippen molar-refractivity contribution in [1.29, 1.82) is 0 Å². The van der Waals surface area contributed by atoms with Crippen molar-refractivity contribution in [2.45, 2.75) is 55.8 Å². The van der Waals surface area contributed by atoms with E-state index in [-0.39, 0.29) is 29.9 Å². The molecule has 3 N–H and O–H groups in total. The molecule has 1 aliphatic heterocycles. The fourth-order valence-electron chi connectivity index (χ4n) is 3.30. The van der Waals surface area contributed by atoms with Gasteiger partial charge in [-0.15, -0.1) is 0 Å². The second kappa shape index (κ2) is 11.0. The van der Waals surface area contributed by atoms with Crippen LogP contribution in [0.5, 0.6) is 0 Å². The molecule has 164 valence electrons. The molecule has 29 heavy (non-hydrogen) atoms. The Labute approximate surface area is 173 Å². The molecule has 1 aromatic rings. The lowest BCUT2D eigenvalue weighted by atomic mass is 9.98. The second-order valence-corrected chi connectivity index (χ2v) is 9.52. The van der Waals surface area contributed by atoms with Gasteiger partial charge in [-0.2, -0.15) is 0 Å². The van der Waals surface area contributed by atoms with Crippen LogP contribution < -0.4 is 10.0 Å². The lowest BCUT2D eigenvalue weighted by Crippen LogP contribution is -2.51. The third-order valence-corrected chi connectivity index (χ3v) is 6.46. The summed E-state index contributed by atoms with van der Waals surface area (Å²) in [6.07, 6.45) is 1.09. The van der Waals surface area contributed by atoms with E-state index in [0.29, 0.717) is 19.4 Å². The summed E-state index contributed by atoms with van der Waals surface area (Å²) in [4.78, 5) is 14.3. The minimum atomic E-state index is -3.71. The highest BCUT2D eigenvalue weighted by atomic mass is 32.2. The van der Waals surface area contributed by atoms with E-state index in [2.05, 4.69) is 14.9 Å². The molecule has 0 unspecified atom stereocenters. The normalized spacial score (nSPS) is 22.6. The zero-order chi connectivity index (χ0) is 21.4. The quantitative estimate of drug-likeness (QED) is 0.473. The maximum atomic E-state index is 12.6. The third-order valence-electron chi connectivity index (χ3n) is 4.95. The molecule has 1 aliphatic rings. The number of amides is 1. The molecule has 0 aliphatic carbocycles. The van der Waals surface area contributed by atoms with Gasteiger partial charge >= 0.3 is 0 Å². The van der Waals surface area contributed by atoms with Gasteiger partial charge in [-0.3, -0.25) is 4.79 Å². The first-order valence-corrected chi connectivity index (χ1v) is 11.5. The molecule has 1 fully saturated rings. The minimum absolute atomic E-state index is 0.0934. The van der Waals surface area contributed by atoms with Crippen molar-refractivity contribution in [3.8, 4) is 0 Å². The molecule has 0 spiro atoms. The van der Waals surface area contributed by atoms with Crippen molar-refractivity contribution in [3.05, 3.63) is 29.8 Å². The molecule has 2 rings (SSSR count). The van der Waals surface area contributed by atoms with Gasteiger partial charge in [0.15, 0.2) is 0 Å². The third kappa shape index (κ3) is 7.67. The maximum Gasteiger partial charge on any atom is 0.240 e. The predicted molar refractivity (Wildman–Crippen MR) is 111 cm³/mol. The van der Waals surface area contributed by atoms with Crippen molar-refractivity contribution in [2.75, 3.05) is 33.8 Å². The fraction of sp³-hybridized carbons (Fsp3) is 0.650. The fourth-order valence-corrected chi connectivity index (χ4v) is 4.60. The number of ether oxygens (including phenoxy) is 1. The van der Waals surface area contributed by atoms with Crippen LogP contribution in [-0.2, 0) is 19.6 Å². The van der Waals surface area contributed by atoms with Gasteiger partial charge in [0.1, 0.15) is 0 Å². The molecule has 1 amide bonds. The van der Waals surface area contributed by atoms with E-state index in [4.69, 9.17) is 4.74 Å². The number of carbonyl (C=O) groups excluding carboxylic acids is 1. The predicted octanol–water partition coefficient (Wildman–Crippen LogP) is 0.640. The second-order valence-electron chi connectivity index (χ2n) is 7.81. The standard InChI is InChI=1S/C20H33N3O5S/c1-15-5-8-17(9-6-15)29(26,27)22-18-10-7-16(28-19(18)14-24)13-20(25)21-11-4-12-23(2)3/h5-6,8-9,16,18-19,22,24H,4,7,10-14H2,1-3H3,(H,21,25)/t16-,18+,19+/m0/s1. The summed E-state index contributed by atoms with van der Waals surface area (Å²) in [5.74, 6) is -0.0934. The Bertz CT molecular complexity index is 752. The maximum absolute atomic E-state index is 12.6. The van der Waals surface area contributed by atoms with Crippen molar-refractivity contribution < 1.29 is 23.1 Å². The largest absolute Gasteiger partial charge is 0.394 e. The van der Waals surface area contributed by atoms with Gasteiger partial charge < -0.3 is 20.1 Å². The monoisotopic (exact) mass is 427 g/mol. The van der Waals surface area contributed by atoms with Crippen LogP contribution in [-0.4, -0.2) is 76.4 Å². The van der Waals surface area contributed by atoms with Crippen LogP contribution in [0, 0.1) is 6.92 Å². The summed E-state index contributed by atoms with van der Waals surface area (Å²) in [6, 6.07) is 6.05. The lowest BCUT2D eigenvalue weighted by molar-refractivity contribution is -0.130. The first kappa shape index (κ1) is 23.8. The van der Waals surface area contributed by atoms with Gasteiger partial charge in [-0.1, -0.05) is 17.7 Å². The number of aliphatic hydroxyl groups is 1. The Hall–Kier alpha value is -1.52. The first-order valence-electron chi connectivity index (χ1n) is 9.98. The van der Waals surface area contributed by atoms with Crippen LogP contribution in [0.1, 0.15) is 31.2 Å². The highest BCUT2D eigenvalue weighted by molar-refractivity contribution is 7.89. The van der Waals surface area contributed by atoms with Gasteiger partial charge in [-0.05, 0) is 59.0 Å². The SMILES string of the molecule is Cc1ccc(S(=O)(=O)N[C@@H]2CC[C@@H](CC(=O)NCCCN(C)C)O[C@@H]2CO)cc1.